The van der Waals surface area contributed by atoms with Crippen LogP contribution in [0.5, 0.6) is 0 Å². The van der Waals surface area contributed by atoms with Crippen LogP contribution in [0.15, 0.2) is 59.3 Å². The first-order valence-corrected chi connectivity index (χ1v) is 7.85. The van der Waals surface area contributed by atoms with Crippen molar-refractivity contribution in [2.24, 2.45) is 0 Å². The van der Waals surface area contributed by atoms with Crippen molar-refractivity contribution in [1.82, 2.24) is 15.0 Å². The van der Waals surface area contributed by atoms with Crippen molar-refractivity contribution in [3.05, 3.63) is 64.9 Å². The average Bonchev–Trinajstić information content (AvgIpc) is 3.01. The molecule has 118 valence electrons. The maximum atomic E-state index is 6.11. The summed E-state index contributed by atoms with van der Waals surface area (Å²) < 4.78 is 5.70. The van der Waals surface area contributed by atoms with Crippen LogP contribution in [0.25, 0.3) is 22.6 Å². The van der Waals surface area contributed by atoms with Gasteiger partial charge >= 0.3 is 0 Å². The summed E-state index contributed by atoms with van der Waals surface area (Å²) in [4.78, 5) is 12.9. The normalized spacial score (nSPS) is 10.9. The number of hydrogen-bond acceptors (Lipinski definition) is 5. The molecule has 0 saturated heterocycles. The maximum Gasteiger partial charge on any atom is 0.230 e. The number of halogens is 2. The van der Waals surface area contributed by atoms with E-state index in [4.69, 9.17) is 27.6 Å². The van der Waals surface area contributed by atoms with Gasteiger partial charge in [-0.25, -0.2) is 15.0 Å². The number of rotatable bonds is 3. The van der Waals surface area contributed by atoms with Gasteiger partial charge in [0.2, 0.25) is 11.8 Å². The summed E-state index contributed by atoms with van der Waals surface area (Å²) in [7, 11) is 0. The van der Waals surface area contributed by atoms with Crippen LogP contribution in [0.3, 0.4) is 0 Å². The van der Waals surface area contributed by atoms with Crippen LogP contribution >= 0.6 is 23.2 Å². The molecule has 7 heteroatoms. The van der Waals surface area contributed by atoms with E-state index in [1.54, 1.807) is 36.7 Å². The fourth-order valence-electron chi connectivity index (χ4n) is 2.21. The van der Waals surface area contributed by atoms with Gasteiger partial charge in [-0.3, -0.25) is 0 Å². The lowest BCUT2D eigenvalue weighted by Crippen LogP contribution is -1.97. The highest BCUT2D eigenvalue weighted by molar-refractivity contribution is 6.33. The van der Waals surface area contributed by atoms with Crippen LogP contribution in [0.2, 0.25) is 10.0 Å². The van der Waals surface area contributed by atoms with Crippen LogP contribution in [-0.4, -0.2) is 15.0 Å². The third-order valence-corrected chi connectivity index (χ3v) is 3.93. The van der Waals surface area contributed by atoms with Crippen LogP contribution in [0.4, 0.5) is 11.6 Å². The number of anilines is 2. The second-order valence-corrected chi connectivity index (χ2v) is 5.87. The summed E-state index contributed by atoms with van der Waals surface area (Å²) in [6, 6.07) is 12.7. The van der Waals surface area contributed by atoms with Crippen LogP contribution in [0, 0.1) is 0 Å². The second kappa shape index (κ2) is 6.11. The van der Waals surface area contributed by atoms with E-state index in [0.29, 0.717) is 38.5 Å². The number of nitrogens with one attached hydrogen (secondary N) is 1. The molecule has 0 amide bonds. The summed E-state index contributed by atoms with van der Waals surface area (Å²) in [5.74, 6) is 0.877. The third kappa shape index (κ3) is 2.91. The molecule has 0 fully saturated rings. The number of hydrogen-bond donors (Lipinski definition) is 1. The van der Waals surface area contributed by atoms with Crippen molar-refractivity contribution < 1.29 is 4.42 Å². The SMILES string of the molecule is Clc1ccc2oc(-c3cnc(Nc4ccccc4Cl)nc3)nc2c1. The Bertz CT molecular complexity index is 1010. The molecule has 1 N–H and O–H groups in total. The Balaban J connectivity index is 1.62. The molecule has 24 heavy (non-hydrogen) atoms. The van der Waals surface area contributed by atoms with Gasteiger partial charge in [-0.15, -0.1) is 0 Å². The highest BCUT2D eigenvalue weighted by Crippen LogP contribution is 2.27. The highest BCUT2D eigenvalue weighted by Gasteiger charge is 2.10. The van der Waals surface area contributed by atoms with Crippen LogP contribution in [-0.2, 0) is 0 Å². The van der Waals surface area contributed by atoms with Crippen molar-refractivity contribution in [2.45, 2.75) is 0 Å². The van der Waals surface area contributed by atoms with Crippen molar-refractivity contribution in [3.63, 3.8) is 0 Å². The van der Waals surface area contributed by atoms with Crippen LogP contribution < -0.4 is 5.32 Å². The Morgan fingerprint density at radius 3 is 2.54 bits per heavy atom. The number of aromatic nitrogens is 3. The van der Waals surface area contributed by atoms with E-state index in [9.17, 15) is 0 Å². The molecule has 0 atom stereocenters. The molecule has 0 bridgehead atoms. The van der Waals surface area contributed by atoms with Gasteiger partial charge < -0.3 is 9.73 Å². The van der Waals surface area contributed by atoms with E-state index >= 15 is 0 Å². The minimum absolute atomic E-state index is 0.436. The molecule has 0 spiro atoms. The zero-order valence-electron chi connectivity index (χ0n) is 12.2. The Hall–Kier alpha value is -2.63. The fourth-order valence-corrected chi connectivity index (χ4v) is 2.56. The largest absolute Gasteiger partial charge is 0.436 e. The Morgan fingerprint density at radius 1 is 0.958 bits per heavy atom. The van der Waals surface area contributed by atoms with E-state index in [2.05, 4.69) is 20.3 Å². The molecule has 2 heterocycles. The summed E-state index contributed by atoms with van der Waals surface area (Å²) in [5, 5.41) is 4.27. The van der Waals surface area contributed by atoms with E-state index < -0.39 is 0 Å². The van der Waals surface area contributed by atoms with Gasteiger partial charge in [0.25, 0.3) is 0 Å². The average molecular weight is 357 g/mol. The minimum Gasteiger partial charge on any atom is -0.436 e. The summed E-state index contributed by atoms with van der Waals surface area (Å²) in [5.41, 5.74) is 2.76. The third-order valence-electron chi connectivity index (χ3n) is 3.37. The summed E-state index contributed by atoms with van der Waals surface area (Å²) >= 11 is 12.1. The molecule has 0 radical (unpaired) electrons. The zero-order valence-corrected chi connectivity index (χ0v) is 13.7. The maximum absolute atomic E-state index is 6.11. The minimum atomic E-state index is 0.436. The van der Waals surface area contributed by atoms with E-state index in [1.165, 1.54) is 0 Å². The van der Waals surface area contributed by atoms with Gasteiger partial charge in [-0.1, -0.05) is 35.3 Å². The van der Waals surface area contributed by atoms with E-state index in [1.807, 2.05) is 18.2 Å². The van der Waals surface area contributed by atoms with Crippen molar-refractivity contribution in [3.8, 4) is 11.5 Å². The number of fused-ring (bicyclic) bond motifs is 1. The first-order chi connectivity index (χ1) is 11.7. The first kappa shape index (κ1) is 14.9. The van der Waals surface area contributed by atoms with Crippen LogP contribution in [0.1, 0.15) is 0 Å². The molecule has 0 aliphatic carbocycles. The number of para-hydroxylation sites is 1. The van der Waals surface area contributed by atoms with Gasteiger partial charge in [0.15, 0.2) is 5.58 Å². The van der Waals surface area contributed by atoms with Gasteiger partial charge in [0.1, 0.15) is 5.52 Å². The molecule has 4 rings (SSSR count). The smallest absolute Gasteiger partial charge is 0.230 e. The summed E-state index contributed by atoms with van der Waals surface area (Å²) in [6.07, 6.45) is 3.27. The molecular formula is C17H10Cl2N4O. The molecule has 2 aromatic carbocycles. The van der Waals surface area contributed by atoms with Crippen molar-refractivity contribution >= 4 is 45.9 Å². The van der Waals surface area contributed by atoms with Gasteiger partial charge in [0.05, 0.1) is 16.3 Å². The molecule has 0 saturated carbocycles. The fraction of sp³-hybridized carbons (Fsp3) is 0. The summed E-state index contributed by atoms with van der Waals surface area (Å²) in [6.45, 7) is 0. The second-order valence-electron chi connectivity index (χ2n) is 5.03. The monoisotopic (exact) mass is 356 g/mol. The molecule has 4 aromatic rings. The predicted molar refractivity (Wildman–Crippen MR) is 94.8 cm³/mol. The molecular weight excluding hydrogens is 347 g/mol. The molecule has 5 nitrogen and oxygen atoms in total. The first-order valence-electron chi connectivity index (χ1n) is 7.09. The van der Waals surface area contributed by atoms with Gasteiger partial charge in [-0.05, 0) is 30.3 Å². The lowest BCUT2D eigenvalue weighted by Gasteiger charge is -2.06. The zero-order chi connectivity index (χ0) is 16.5. The molecule has 0 unspecified atom stereocenters. The molecule has 0 aliphatic rings. The quantitative estimate of drug-likeness (QED) is 0.537. The Labute approximate surface area is 147 Å². The predicted octanol–water partition coefficient (Wildman–Crippen LogP) is 5.34. The Morgan fingerprint density at radius 2 is 1.75 bits per heavy atom. The van der Waals surface area contributed by atoms with E-state index in [0.717, 1.165) is 5.69 Å². The lowest BCUT2D eigenvalue weighted by molar-refractivity contribution is 0.619. The van der Waals surface area contributed by atoms with Gasteiger partial charge in [-0.2, -0.15) is 0 Å². The van der Waals surface area contributed by atoms with E-state index in [-0.39, 0.29) is 0 Å². The highest BCUT2D eigenvalue weighted by atomic mass is 35.5. The van der Waals surface area contributed by atoms with Crippen molar-refractivity contribution in [2.75, 3.05) is 5.32 Å². The van der Waals surface area contributed by atoms with Crippen molar-refractivity contribution in [1.29, 1.82) is 0 Å². The molecule has 2 aromatic heterocycles. The number of benzene rings is 2. The standard InChI is InChI=1S/C17H10Cl2N4O/c18-11-5-6-15-14(7-11)22-16(24-15)10-8-20-17(21-9-10)23-13-4-2-1-3-12(13)19/h1-9H,(H,20,21,23). The topological polar surface area (TPSA) is 63.8 Å². The molecule has 0 aliphatic heterocycles. The van der Waals surface area contributed by atoms with Gasteiger partial charge in [0, 0.05) is 17.4 Å². The number of oxazole rings is 1. The number of nitrogens with zero attached hydrogens (tertiary/aromatic N) is 3. The lowest BCUT2D eigenvalue weighted by atomic mass is 10.3. The Kier molecular flexibility index (Phi) is 3.80.